The van der Waals surface area contributed by atoms with Crippen LogP contribution in [0.2, 0.25) is 0 Å². The third-order valence-electron chi connectivity index (χ3n) is 4.90. The molecule has 0 fully saturated rings. The van der Waals surface area contributed by atoms with Gasteiger partial charge >= 0.3 is 0 Å². The fraction of sp³-hybridized carbons (Fsp3) is 0.136. The second kappa shape index (κ2) is 7.79. The molecule has 1 N–H and O–H groups in total. The number of nitrogens with one attached hydrogen (secondary N) is 1. The molecule has 0 bridgehead atoms. The summed E-state index contributed by atoms with van der Waals surface area (Å²) in [7, 11) is 0. The number of carbonyl (C=O) groups is 1. The Balaban J connectivity index is 1.68. The van der Waals surface area contributed by atoms with E-state index < -0.39 is 17.5 Å². The Hall–Kier alpha value is -3.39. The molecule has 152 valence electrons. The number of aryl methyl sites for hydroxylation is 2. The first-order valence-corrected chi connectivity index (χ1v) is 10.0. The van der Waals surface area contributed by atoms with E-state index >= 15 is 0 Å². The largest absolute Gasteiger partial charge is 0.322 e. The monoisotopic (exact) mass is 425 g/mol. The predicted molar refractivity (Wildman–Crippen MR) is 114 cm³/mol. The Labute approximate surface area is 174 Å². The highest BCUT2D eigenvalue weighted by atomic mass is 32.1. The first-order valence-electron chi connectivity index (χ1n) is 9.12. The number of thiophene rings is 1. The van der Waals surface area contributed by atoms with Crippen LogP contribution in [0.3, 0.4) is 0 Å². The van der Waals surface area contributed by atoms with E-state index in [-0.39, 0.29) is 17.8 Å². The first-order chi connectivity index (χ1) is 14.3. The maximum absolute atomic E-state index is 13.8. The highest BCUT2D eigenvalue weighted by Gasteiger charge is 2.16. The van der Waals surface area contributed by atoms with Gasteiger partial charge in [-0.3, -0.25) is 14.2 Å². The zero-order valence-electron chi connectivity index (χ0n) is 16.2. The van der Waals surface area contributed by atoms with Crippen LogP contribution in [0.5, 0.6) is 0 Å². The molecule has 2 aromatic heterocycles. The predicted octanol–water partition coefficient (Wildman–Crippen LogP) is 4.66. The Morgan fingerprint density at radius 1 is 1.13 bits per heavy atom. The Bertz CT molecular complexity index is 1340. The van der Waals surface area contributed by atoms with Crippen LogP contribution in [-0.4, -0.2) is 15.5 Å². The van der Waals surface area contributed by atoms with E-state index in [4.69, 9.17) is 0 Å². The number of amides is 1. The Morgan fingerprint density at radius 2 is 1.93 bits per heavy atom. The summed E-state index contributed by atoms with van der Waals surface area (Å²) in [6, 6.07) is 8.70. The number of anilines is 1. The molecule has 5 nitrogen and oxygen atoms in total. The second-order valence-corrected chi connectivity index (χ2v) is 7.84. The summed E-state index contributed by atoms with van der Waals surface area (Å²) in [5.74, 6) is -2.10. The van der Waals surface area contributed by atoms with Crippen LogP contribution in [0.25, 0.3) is 21.3 Å². The van der Waals surface area contributed by atoms with Crippen molar-refractivity contribution >= 4 is 33.1 Å². The van der Waals surface area contributed by atoms with Crippen LogP contribution in [0.15, 0.2) is 52.9 Å². The minimum absolute atomic E-state index is 0.284. The number of rotatable bonds is 4. The quantitative estimate of drug-likeness (QED) is 0.517. The van der Waals surface area contributed by atoms with Gasteiger partial charge in [0.25, 0.3) is 5.56 Å². The molecule has 4 aromatic rings. The molecule has 0 radical (unpaired) electrons. The number of nitrogens with zero attached hydrogens (tertiary/aromatic N) is 2. The lowest BCUT2D eigenvalue weighted by atomic mass is 10.0. The summed E-state index contributed by atoms with van der Waals surface area (Å²) < 4.78 is 28.2. The maximum atomic E-state index is 13.8. The highest BCUT2D eigenvalue weighted by molar-refractivity contribution is 7.17. The van der Waals surface area contributed by atoms with Gasteiger partial charge in [-0.15, -0.1) is 11.3 Å². The van der Waals surface area contributed by atoms with Crippen molar-refractivity contribution in [2.24, 2.45) is 0 Å². The van der Waals surface area contributed by atoms with E-state index in [1.54, 1.807) is 0 Å². The van der Waals surface area contributed by atoms with Gasteiger partial charge in [-0.25, -0.2) is 13.8 Å². The lowest BCUT2D eigenvalue weighted by molar-refractivity contribution is -0.116. The van der Waals surface area contributed by atoms with Gasteiger partial charge in [0.05, 0.1) is 17.4 Å². The number of benzene rings is 2. The van der Waals surface area contributed by atoms with Crippen LogP contribution < -0.4 is 10.9 Å². The SMILES string of the molecule is Cc1ccc(-c2csc3ncn(CC(=O)Nc4cc(F)ccc4F)c(=O)c23)cc1C. The van der Waals surface area contributed by atoms with Gasteiger partial charge in [-0.05, 0) is 42.7 Å². The van der Waals surface area contributed by atoms with E-state index in [9.17, 15) is 18.4 Å². The summed E-state index contributed by atoms with van der Waals surface area (Å²) >= 11 is 1.35. The van der Waals surface area contributed by atoms with Crippen LogP contribution in [0.1, 0.15) is 11.1 Å². The number of hydrogen-bond donors (Lipinski definition) is 1. The van der Waals surface area contributed by atoms with Gasteiger partial charge in [0.15, 0.2) is 0 Å². The number of aromatic nitrogens is 2. The fourth-order valence-electron chi connectivity index (χ4n) is 3.14. The summed E-state index contributed by atoms with van der Waals surface area (Å²) in [6.45, 7) is 3.64. The molecule has 4 rings (SSSR count). The van der Waals surface area contributed by atoms with Crippen molar-refractivity contribution in [3.8, 4) is 11.1 Å². The molecule has 8 heteroatoms. The summed E-state index contributed by atoms with van der Waals surface area (Å²) in [4.78, 5) is 30.2. The van der Waals surface area contributed by atoms with E-state index in [0.717, 1.165) is 45.0 Å². The normalized spacial score (nSPS) is 11.1. The molecule has 2 heterocycles. The Kier molecular flexibility index (Phi) is 5.17. The van der Waals surface area contributed by atoms with Crippen LogP contribution in [0, 0.1) is 25.5 Å². The average Bonchev–Trinajstić information content (AvgIpc) is 3.14. The molecule has 0 saturated carbocycles. The summed E-state index contributed by atoms with van der Waals surface area (Å²) in [6.07, 6.45) is 1.28. The zero-order chi connectivity index (χ0) is 21.4. The molecule has 0 spiro atoms. The van der Waals surface area contributed by atoms with Gasteiger partial charge in [-0.2, -0.15) is 0 Å². The van der Waals surface area contributed by atoms with Gasteiger partial charge in [0.1, 0.15) is 23.0 Å². The van der Waals surface area contributed by atoms with Gasteiger partial charge in [0.2, 0.25) is 5.91 Å². The molecular weight excluding hydrogens is 408 g/mol. The molecule has 0 aliphatic heterocycles. The molecule has 0 aliphatic rings. The van der Waals surface area contributed by atoms with Crippen molar-refractivity contribution < 1.29 is 13.6 Å². The van der Waals surface area contributed by atoms with Crippen molar-refractivity contribution in [2.45, 2.75) is 20.4 Å². The Morgan fingerprint density at radius 3 is 2.70 bits per heavy atom. The van der Waals surface area contributed by atoms with Gasteiger partial charge in [-0.1, -0.05) is 18.2 Å². The molecule has 1 amide bonds. The van der Waals surface area contributed by atoms with Gasteiger partial charge in [0, 0.05) is 17.0 Å². The van der Waals surface area contributed by atoms with Crippen molar-refractivity contribution in [2.75, 3.05) is 5.32 Å². The van der Waals surface area contributed by atoms with E-state index in [1.807, 2.05) is 37.4 Å². The topological polar surface area (TPSA) is 64.0 Å². The average molecular weight is 425 g/mol. The first kappa shape index (κ1) is 19.9. The molecule has 0 saturated heterocycles. The summed E-state index contributed by atoms with van der Waals surface area (Å²) in [5, 5.41) is 4.59. The van der Waals surface area contributed by atoms with E-state index in [2.05, 4.69) is 10.3 Å². The number of fused-ring (bicyclic) bond motifs is 1. The molecule has 2 aromatic carbocycles. The van der Waals surface area contributed by atoms with Crippen LogP contribution in [0.4, 0.5) is 14.5 Å². The molecule has 0 aliphatic carbocycles. The standard InChI is InChI=1S/C22H17F2N3O2S/c1-12-3-4-14(7-13(12)2)16-10-30-21-20(16)22(29)27(11-25-21)9-19(28)26-18-8-15(23)5-6-17(18)24/h3-8,10-11H,9H2,1-2H3,(H,26,28). The second-order valence-electron chi connectivity index (χ2n) is 6.98. The van der Waals surface area contributed by atoms with Crippen molar-refractivity contribution in [3.63, 3.8) is 0 Å². The van der Waals surface area contributed by atoms with Crippen LogP contribution in [-0.2, 0) is 11.3 Å². The number of halogens is 2. The lowest BCUT2D eigenvalue weighted by Crippen LogP contribution is -2.28. The minimum atomic E-state index is -0.763. The zero-order valence-corrected chi connectivity index (χ0v) is 17.0. The lowest BCUT2D eigenvalue weighted by Gasteiger charge is -2.09. The van der Waals surface area contributed by atoms with E-state index in [0.29, 0.717) is 10.2 Å². The molecule has 0 atom stereocenters. The van der Waals surface area contributed by atoms with E-state index in [1.165, 1.54) is 17.7 Å². The van der Waals surface area contributed by atoms with Crippen molar-refractivity contribution in [1.82, 2.24) is 9.55 Å². The molecule has 30 heavy (non-hydrogen) atoms. The van der Waals surface area contributed by atoms with Gasteiger partial charge < -0.3 is 5.32 Å². The smallest absolute Gasteiger partial charge is 0.263 e. The van der Waals surface area contributed by atoms with Crippen LogP contribution >= 0.6 is 11.3 Å². The molecular formula is C22H17F2N3O2S. The maximum Gasteiger partial charge on any atom is 0.263 e. The fourth-order valence-corrected chi connectivity index (χ4v) is 4.05. The molecule has 0 unspecified atom stereocenters. The van der Waals surface area contributed by atoms with Crippen molar-refractivity contribution in [3.05, 3.63) is 81.2 Å². The third-order valence-corrected chi connectivity index (χ3v) is 5.78. The third kappa shape index (κ3) is 3.73. The van der Waals surface area contributed by atoms with Crippen molar-refractivity contribution in [1.29, 1.82) is 0 Å². The number of hydrogen-bond acceptors (Lipinski definition) is 4. The minimum Gasteiger partial charge on any atom is -0.322 e. The highest BCUT2D eigenvalue weighted by Crippen LogP contribution is 2.31. The summed E-state index contributed by atoms with van der Waals surface area (Å²) in [5.41, 5.74) is 3.24. The number of carbonyl (C=O) groups excluding carboxylic acids is 1.